The predicted octanol–water partition coefficient (Wildman–Crippen LogP) is -0.294. The first-order valence-corrected chi connectivity index (χ1v) is 1.78. The van der Waals surface area contributed by atoms with Crippen LogP contribution in [-0.2, 0) is 0 Å². The van der Waals surface area contributed by atoms with E-state index in [9.17, 15) is 8.78 Å². The van der Waals surface area contributed by atoms with Crippen molar-refractivity contribution < 1.29 is 19.0 Å². The lowest BCUT2D eigenvalue weighted by Gasteiger charge is -1.94. The Morgan fingerprint density at radius 1 is 1.29 bits per heavy atom. The van der Waals surface area contributed by atoms with E-state index in [1.807, 2.05) is 0 Å². The molecular weight excluding hydrogens is 106 g/mol. The van der Waals surface area contributed by atoms with Crippen LogP contribution in [0.4, 0.5) is 8.78 Å². The van der Waals surface area contributed by atoms with E-state index in [2.05, 4.69) is 0 Å². The van der Waals surface area contributed by atoms with Gasteiger partial charge in [-0.3, -0.25) is 0 Å². The molecule has 0 saturated heterocycles. The molecule has 0 aromatic carbocycles. The second-order valence-electron chi connectivity index (χ2n) is 1.70. The van der Waals surface area contributed by atoms with Crippen LogP contribution in [-0.4, -0.2) is 21.9 Å². The standard InChI is InChI=1S/C3H4F2O2/c4-2(5)1-3(2,6)7/h6-7H,1H2. The summed E-state index contributed by atoms with van der Waals surface area (Å²) in [4.78, 5) is 0. The third-order valence-electron chi connectivity index (χ3n) is 0.929. The molecule has 4 heteroatoms. The average Bonchev–Trinajstić information content (AvgIpc) is 1.63. The zero-order chi connectivity index (χ0) is 5.71. The molecule has 0 radical (unpaired) electrons. The van der Waals surface area contributed by atoms with Crippen LogP contribution in [0.1, 0.15) is 6.42 Å². The van der Waals surface area contributed by atoms with Crippen molar-refractivity contribution in [2.24, 2.45) is 0 Å². The molecule has 0 amide bonds. The van der Waals surface area contributed by atoms with E-state index in [0.717, 1.165) is 0 Å². The monoisotopic (exact) mass is 110 g/mol. The smallest absolute Gasteiger partial charge is 0.306 e. The molecule has 7 heavy (non-hydrogen) atoms. The molecule has 1 aliphatic rings. The molecule has 1 fully saturated rings. The van der Waals surface area contributed by atoms with Crippen LogP contribution in [0.3, 0.4) is 0 Å². The Bertz CT molecular complexity index is 87.1. The summed E-state index contributed by atoms with van der Waals surface area (Å²) in [6.45, 7) is 0. The van der Waals surface area contributed by atoms with Gasteiger partial charge >= 0.3 is 5.92 Å². The average molecular weight is 110 g/mol. The molecule has 1 saturated carbocycles. The molecule has 1 aliphatic carbocycles. The lowest BCUT2D eigenvalue weighted by atomic mass is 10.7. The van der Waals surface area contributed by atoms with Crippen LogP contribution in [0, 0.1) is 0 Å². The topological polar surface area (TPSA) is 40.5 Å². The molecule has 2 nitrogen and oxygen atoms in total. The van der Waals surface area contributed by atoms with Gasteiger partial charge in [0.2, 0.25) is 5.79 Å². The summed E-state index contributed by atoms with van der Waals surface area (Å²) in [5.74, 6) is -5.93. The van der Waals surface area contributed by atoms with Gasteiger partial charge in [-0.1, -0.05) is 0 Å². The Balaban J connectivity index is 2.59. The van der Waals surface area contributed by atoms with Gasteiger partial charge in [0.25, 0.3) is 0 Å². The first-order chi connectivity index (χ1) is 2.96. The van der Waals surface area contributed by atoms with Crippen molar-refractivity contribution in [1.82, 2.24) is 0 Å². The van der Waals surface area contributed by atoms with Crippen molar-refractivity contribution in [3.05, 3.63) is 0 Å². The molecule has 0 heterocycles. The van der Waals surface area contributed by atoms with Crippen LogP contribution in [0.15, 0.2) is 0 Å². The Morgan fingerprint density at radius 2 is 1.43 bits per heavy atom. The molecule has 0 aromatic heterocycles. The lowest BCUT2D eigenvalue weighted by molar-refractivity contribution is -0.143. The van der Waals surface area contributed by atoms with Gasteiger partial charge in [-0.15, -0.1) is 0 Å². The van der Waals surface area contributed by atoms with Crippen molar-refractivity contribution in [3.63, 3.8) is 0 Å². The van der Waals surface area contributed by atoms with Gasteiger partial charge in [0, 0.05) is 0 Å². The Labute approximate surface area is 38.4 Å². The summed E-state index contributed by atoms with van der Waals surface area (Å²) in [6.07, 6.45) is -0.819. The normalized spacial score (nSPS) is 32.6. The fourth-order valence-electron chi connectivity index (χ4n) is 0.265. The van der Waals surface area contributed by atoms with Crippen LogP contribution >= 0.6 is 0 Å². The maximum Gasteiger partial charge on any atom is 0.306 e. The summed E-state index contributed by atoms with van der Waals surface area (Å²) < 4.78 is 22.8. The van der Waals surface area contributed by atoms with Gasteiger partial charge in [0.05, 0.1) is 6.42 Å². The molecule has 2 N–H and O–H groups in total. The summed E-state index contributed by atoms with van der Waals surface area (Å²) in [6, 6.07) is 0. The SMILES string of the molecule is OC1(O)CC1(F)F. The molecule has 0 aromatic rings. The zero-order valence-electron chi connectivity index (χ0n) is 3.36. The minimum absolute atomic E-state index is 0.819. The zero-order valence-corrected chi connectivity index (χ0v) is 3.36. The third kappa shape index (κ3) is 0.506. The fourth-order valence-corrected chi connectivity index (χ4v) is 0.265. The summed E-state index contributed by atoms with van der Waals surface area (Å²) in [5.41, 5.74) is 0. The van der Waals surface area contributed by atoms with Crippen LogP contribution in [0.5, 0.6) is 0 Å². The Morgan fingerprint density at radius 3 is 1.43 bits per heavy atom. The minimum atomic E-state index is -3.24. The second kappa shape index (κ2) is 0.809. The second-order valence-corrected chi connectivity index (χ2v) is 1.70. The molecule has 1 rings (SSSR count). The first kappa shape index (κ1) is 4.93. The molecule has 0 atom stereocenters. The number of halogens is 2. The van der Waals surface area contributed by atoms with E-state index in [-0.39, 0.29) is 0 Å². The maximum absolute atomic E-state index is 11.4. The Kier molecular flexibility index (Phi) is 0.569. The number of hydrogen-bond acceptors (Lipinski definition) is 2. The molecule has 0 unspecified atom stereocenters. The highest BCUT2D eigenvalue weighted by Gasteiger charge is 2.71. The Hall–Kier alpha value is -0.220. The van der Waals surface area contributed by atoms with Crippen molar-refractivity contribution in [2.45, 2.75) is 18.1 Å². The molecule has 0 bridgehead atoms. The van der Waals surface area contributed by atoms with Gasteiger partial charge in [0.15, 0.2) is 0 Å². The van der Waals surface area contributed by atoms with E-state index in [0.29, 0.717) is 0 Å². The van der Waals surface area contributed by atoms with E-state index in [4.69, 9.17) is 10.2 Å². The van der Waals surface area contributed by atoms with Gasteiger partial charge in [-0.25, -0.2) is 8.78 Å². The van der Waals surface area contributed by atoms with Crippen LogP contribution in [0.2, 0.25) is 0 Å². The minimum Gasteiger partial charge on any atom is -0.361 e. The summed E-state index contributed by atoms with van der Waals surface area (Å²) in [7, 11) is 0. The van der Waals surface area contributed by atoms with E-state index in [1.165, 1.54) is 0 Å². The van der Waals surface area contributed by atoms with E-state index in [1.54, 1.807) is 0 Å². The fraction of sp³-hybridized carbons (Fsp3) is 1.00. The highest BCUT2D eigenvalue weighted by Crippen LogP contribution is 2.50. The quantitative estimate of drug-likeness (QED) is 0.420. The van der Waals surface area contributed by atoms with Crippen LogP contribution < -0.4 is 0 Å². The molecule has 0 spiro atoms. The van der Waals surface area contributed by atoms with Gasteiger partial charge in [-0.05, 0) is 0 Å². The van der Waals surface area contributed by atoms with Crippen molar-refractivity contribution >= 4 is 0 Å². The summed E-state index contributed by atoms with van der Waals surface area (Å²) in [5, 5.41) is 15.9. The number of alkyl halides is 2. The largest absolute Gasteiger partial charge is 0.361 e. The highest BCUT2D eigenvalue weighted by molar-refractivity contribution is 5.02. The van der Waals surface area contributed by atoms with E-state index < -0.39 is 18.1 Å². The van der Waals surface area contributed by atoms with Crippen molar-refractivity contribution in [3.8, 4) is 0 Å². The van der Waals surface area contributed by atoms with Crippen molar-refractivity contribution in [1.29, 1.82) is 0 Å². The van der Waals surface area contributed by atoms with E-state index >= 15 is 0 Å². The lowest BCUT2D eigenvalue weighted by Crippen LogP contribution is -2.15. The molecule has 0 aliphatic heterocycles. The molecular formula is C3H4F2O2. The maximum atomic E-state index is 11.4. The third-order valence-corrected chi connectivity index (χ3v) is 0.929. The van der Waals surface area contributed by atoms with Gasteiger partial charge < -0.3 is 10.2 Å². The number of aliphatic hydroxyl groups is 2. The molecule has 42 valence electrons. The van der Waals surface area contributed by atoms with Crippen LogP contribution in [0.25, 0.3) is 0 Å². The first-order valence-electron chi connectivity index (χ1n) is 1.78. The number of hydrogen-bond donors (Lipinski definition) is 2. The van der Waals surface area contributed by atoms with Crippen molar-refractivity contribution in [2.75, 3.05) is 0 Å². The van der Waals surface area contributed by atoms with Gasteiger partial charge in [-0.2, -0.15) is 0 Å². The van der Waals surface area contributed by atoms with Gasteiger partial charge in [0.1, 0.15) is 0 Å². The number of rotatable bonds is 0. The summed E-state index contributed by atoms with van der Waals surface area (Å²) >= 11 is 0. The highest BCUT2D eigenvalue weighted by atomic mass is 19.3. The predicted molar refractivity (Wildman–Crippen MR) is 16.7 cm³/mol.